The molecule has 0 saturated heterocycles. The Bertz CT molecular complexity index is 1130. The van der Waals surface area contributed by atoms with E-state index in [1.54, 1.807) is 37.3 Å². The molecular formula is C23H23ClN2O3S. The summed E-state index contributed by atoms with van der Waals surface area (Å²) in [5.41, 5.74) is 2.46. The van der Waals surface area contributed by atoms with Gasteiger partial charge in [-0.3, -0.25) is 4.79 Å². The Kier molecular flexibility index (Phi) is 7.13. The Morgan fingerprint density at radius 3 is 2.37 bits per heavy atom. The van der Waals surface area contributed by atoms with E-state index < -0.39 is 15.7 Å². The smallest absolute Gasteiger partial charge is 0.256 e. The van der Waals surface area contributed by atoms with Gasteiger partial charge in [-0.1, -0.05) is 61.0 Å². The molecule has 156 valence electrons. The van der Waals surface area contributed by atoms with Crippen molar-refractivity contribution in [3.05, 3.63) is 88.9 Å². The Morgan fingerprint density at radius 1 is 0.967 bits per heavy atom. The molecule has 0 aromatic heterocycles. The molecule has 0 heterocycles. The molecular weight excluding hydrogens is 420 g/mol. The number of hydrogen-bond acceptors (Lipinski definition) is 4. The molecule has 0 radical (unpaired) electrons. The predicted octanol–water partition coefficient (Wildman–Crippen LogP) is 5.39. The second-order valence-corrected chi connectivity index (χ2v) is 9.29. The summed E-state index contributed by atoms with van der Waals surface area (Å²) in [4.78, 5) is 12.8. The third-order valence-electron chi connectivity index (χ3n) is 4.49. The zero-order chi connectivity index (χ0) is 21.6. The molecule has 0 fully saturated rings. The van der Waals surface area contributed by atoms with Gasteiger partial charge in [0.2, 0.25) is 0 Å². The average molecular weight is 443 g/mol. The van der Waals surface area contributed by atoms with Gasteiger partial charge in [0.15, 0.2) is 9.84 Å². The number of halogens is 1. The van der Waals surface area contributed by atoms with Gasteiger partial charge in [0.25, 0.3) is 5.91 Å². The molecule has 30 heavy (non-hydrogen) atoms. The second-order valence-electron chi connectivity index (χ2n) is 6.80. The van der Waals surface area contributed by atoms with Gasteiger partial charge >= 0.3 is 0 Å². The summed E-state index contributed by atoms with van der Waals surface area (Å²) in [6.07, 6.45) is 0.478. The number of hydrogen-bond donors (Lipinski definition) is 2. The molecule has 1 amide bonds. The van der Waals surface area contributed by atoms with E-state index in [0.29, 0.717) is 23.7 Å². The summed E-state index contributed by atoms with van der Waals surface area (Å²) >= 11 is 6.36. The molecule has 3 rings (SSSR count). The van der Waals surface area contributed by atoms with Crippen LogP contribution in [0.3, 0.4) is 0 Å². The molecule has 0 saturated carbocycles. The van der Waals surface area contributed by atoms with Gasteiger partial charge < -0.3 is 10.6 Å². The van der Waals surface area contributed by atoms with Crippen molar-refractivity contribution in [1.82, 2.24) is 0 Å². The molecule has 0 atom stereocenters. The van der Waals surface area contributed by atoms with Crippen LogP contribution in [0.4, 0.5) is 11.4 Å². The van der Waals surface area contributed by atoms with E-state index in [0.717, 1.165) is 11.3 Å². The number of benzene rings is 3. The number of carbonyl (C=O) groups excluding carboxylic acids is 1. The van der Waals surface area contributed by atoms with Crippen LogP contribution < -0.4 is 10.6 Å². The summed E-state index contributed by atoms with van der Waals surface area (Å²) in [5, 5.41) is 6.45. The minimum absolute atomic E-state index is 0.00903. The van der Waals surface area contributed by atoms with Gasteiger partial charge in [-0.05, 0) is 42.3 Å². The van der Waals surface area contributed by atoms with E-state index in [1.807, 2.05) is 30.3 Å². The lowest BCUT2D eigenvalue weighted by Gasteiger charge is -2.13. The van der Waals surface area contributed by atoms with Crippen LogP contribution in [-0.2, 0) is 16.4 Å². The highest BCUT2D eigenvalue weighted by Crippen LogP contribution is 2.27. The van der Waals surface area contributed by atoms with Gasteiger partial charge in [0, 0.05) is 12.2 Å². The summed E-state index contributed by atoms with van der Waals surface area (Å²) in [6, 6.07) is 21.3. The number of amides is 1. The molecule has 0 spiro atoms. The molecule has 2 N–H and O–H groups in total. The Morgan fingerprint density at radius 2 is 1.67 bits per heavy atom. The fraction of sp³-hybridized carbons (Fsp3) is 0.174. The highest BCUT2D eigenvalue weighted by molar-refractivity contribution is 7.91. The van der Waals surface area contributed by atoms with Crippen LogP contribution in [0.25, 0.3) is 0 Å². The molecule has 3 aromatic carbocycles. The second kappa shape index (κ2) is 9.78. The van der Waals surface area contributed by atoms with Crippen molar-refractivity contribution in [1.29, 1.82) is 0 Å². The van der Waals surface area contributed by atoms with Crippen LogP contribution >= 0.6 is 11.6 Å². The van der Waals surface area contributed by atoms with Gasteiger partial charge in [-0.25, -0.2) is 8.42 Å². The molecule has 0 aliphatic rings. The number of carbonyl (C=O) groups is 1. The normalized spacial score (nSPS) is 11.1. The number of nitrogens with one attached hydrogen (secondary N) is 2. The summed E-state index contributed by atoms with van der Waals surface area (Å²) < 4.78 is 25.0. The highest BCUT2D eigenvalue weighted by Gasteiger charge is 2.21. The van der Waals surface area contributed by atoms with Crippen molar-refractivity contribution in [2.45, 2.75) is 24.8 Å². The molecule has 0 unspecified atom stereocenters. The maximum atomic E-state index is 12.8. The number of anilines is 2. The summed E-state index contributed by atoms with van der Waals surface area (Å²) in [7, 11) is -3.52. The average Bonchev–Trinajstić information content (AvgIpc) is 2.74. The maximum Gasteiger partial charge on any atom is 0.256 e. The third-order valence-corrected chi connectivity index (χ3v) is 6.78. The molecule has 5 nitrogen and oxygen atoms in total. The van der Waals surface area contributed by atoms with Crippen molar-refractivity contribution in [3.8, 4) is 0 Å². The van der Waals surface area contributed by atoms with E-state index in [-0.39, 0.29) is 16.2 Å². The predicted molar refractivity (Wildman–Crippen MR) is 122 cm³/mol. The van der Waals surface area contributed by atoms with Crippen LogP contribution in [0.15, 0.2) is 77.7 Å². The highest BCUT2D eigenvalue weighted by atomic mass is 35.5. The van der Waals surface area contributed by atoms with E-state index >= 15 is 0 Å². The first kappa shape index (κ1) is 21.9. The van der Waals surface area contributed by atoms with Crippen LogP contribution in [0, 0.1) is 0 Å². The van der Waals surface area contributed by atoms with Crippen LogP contribution in [0.1, 0.15) is 29.3 Å². The fourth-order valence-electron chi connectivity index (χ4n) is 3.03. The lowest BCUT2D eigenvalue weighted by Crippen LogP contribution is -2.17. The zero-order valence-corrected chi connectivity index (χ0v) is 18.1. The van der Waals surface area contributed by atoms with Gasteiger partial charge in [0.05, 0.1) is 26.9 Å². The topological polar surface area (TPSA) is 75.3 Å². The molecule has 0 bridgehead atoms. The van der Waals surface area contributed by atoms with Gasteiger partial charge in [0.1, 0.15) is 0 Å². The molecule has 7 heteroatoms. The maximum absolute atomic E-state index is 12.8. The largest absolute Gasteiger partial charge is 0.380 e. The molecule has 3 aromatic rings. The Balaban J connectivity index is 1.74. The number of rotatable bonds is 8. The fourth-order valence-corrected chi connectivity index (χ4v) is 4.82. The van der Waals surface area contributed by atoms with Gasteiger partial charge in [-0.15, -0.1) is 0 Å². The first-order valence-electron chi connectivity index (χ1n) is 9.61. The van der Waals surface area contributed by atoms with Crippen LogP contribution in [0.2, 0.25) is 5.02 Å². The zero-order valence-electron chi connectivity index (χ0n) is 16.6. The summed E-state index contributed by atoms with van der Waals surface area (Å²) in [6.45, 7) is 2.41. The Labute approximate surface area is 182 Å². The van der Waals surface area contributed by atoms with Crippen LogP contribution in [0.5, 0.6) is 0 Å². The summed E-state index contributed by atoms with van der Waals surface area (Å²) in [5.74, 6) is -0.503. The van der Waals surface area contributed by atoms with Crippen LogP contribution in [-0.4, -0.2) is 20.1 Å². The van der Waals surface area contributed by atoms with E-state index in [9.17, 15) is 13.2 Å². The van der Waals surface area contributed by atoms with Crippen molar-refractivity contribution in [2.24, 2.45) is 0 Å². The molecule has 0 aliphatic heterocycles. The quantitative estimate of drug-likeness (QED) is 0.490. The van der Waals surface area contributed by atoms with Crippen molar-refractivity contribution < 1.29 is 13.2 Å². The van der Waals surface area contributed by atoms with E-state index in [1.165, 1.54) is 12.1 Å². The minimum atomic E-state index is -3.52. The molecule has 0 aliphatic carbocycles. The SMILES string of the molecule is CCCS(=O)(=O)c1ccccc1C(=O)Nc1ccc(NCc2ccccc2)c(Cl)c1. The number of sulfone groups is 1. The lowest BCUT2D eigenvalue weighted by atomic mass is 10.2. The minimum Gasteiger partial charge on any atom is -0.380 e. The first-order valence-corrected chi connectivity index (χ1v) is 11.6. The van der Waals surface area contributed by atoms with Crippen molar-refractivity contribution >= 4 is 38.7 Å². The van der Waals surface area contributed by atoms with E-state index in [2.05, 4.69) is 10.6 Å². The van der Waals surface area contributed by atoms with Gasteiger partial charge in [-0.2, -0.15) is 0 Å². The third kappa shape index (κ3) is 5.40. The first-order chi connectivity index (χ1) is 14.4. The van der Waals surface area contributed by atoms with Crippen molar-refractivity contribution in [3.63, 3.8) is 0 Å². The van der Waals surface area contributed by atoms with E-state index in [4.69, 9.17) is 11.6 Å². The lowest BCUT2D eigenvalue weighted by molar-refractivity contribution is 0.102. The monoisotopic (exact) mass is 442 g/mol. The standard InChI is InChI=1S/C23H23ClN2O3S/c1-2-14-30(28,29)22-11-7-6-10-19(22)23(27)26-18-12-13-21(20(24)15-18)25-16-17-8-4-3-5-9-17/h3-13,15,25H,2,14,16H2,1H3,(H,26,27). The Hall–Kier alpha value is -2.83. The van der Waals surface area contributed by atoms with Crippen molar-refractivity contribution in [2.75, 3.05) is 16.4 Å².